The first-order valence-corrected chi connectivity index (χ1v) is 14.1. The Balaban J connectivity index is 0.000000642. The highest BCUT2D eigenvalue weighted by Crippen LogP contribution is 2.44. The number of hydrogen-bond acceptors (Lipinski definition) is 12. The van der Waals surface area contributed by atoms with Gasteiger partial charge >= 0.3 is 19.5 Å². The first-order chi connectivity index (χ1) is 19.4. The Morgan fingerprint density at radius 3 is 2.49 bits per heavy atom. The maximum Gasteiger partial charge on any atom is 0.342 e. The van der Waals surface area contributed by atoms with Gasteiger partial charge < -0.3 is 34.1 Å². The SMILES string of the molecule is CC(C)OC(=O)[C@@H](C)N[P@](=O)(CO[C@H](C)Cn1cnc2c(N)ncnc21)Oc1ccccc1.O=CO/C=C/C(=O)O. The molecular weight excluding hydrogens is 559 g/mol. The molecule has 16 heteroatoms. The first-order valence-electron chi connectivity index (χ1n) is 12.3. The molecule has 0 aliphatic rings. The second kappa shape index (κ2) is 16.1. The fourth-order valence-electron chi connectivity index (χ4n) is 3.14. The highest BCUT2D eigenvalue weighted by Gasteiger charge is 2.32. The summed E-state index contributed by atoms with van der Waals surface area (Å²) in [4.78, 5) is 43.5. The number of nitrogens with one attached hydrogen (secondary N) is 1. The molecule has 2 heterocycles. The molecule has 0 unspecified atom stereocenters. The number of aliphatic carboxylic acids is 1. The lowest BCUT2D eigenvalue weighted by Gasteiger charge is -2.25. The monoisotopic (exact) mass is 592 g/mol. The number of imidazole rings is 1. The number of ether oxygens (including phenoxy) is 3. The summed E-state index contributed by atoms with van der Waals surface area (Å²) in [5, 5.41) is 10.6. The smallest absolute Gasteiger partial charge is 0.342 e. The topological polar surface area (TPSA) is 207 Å². The number of hydrogen-bond donors (Lipinski definition) is 3. The number of nitrogens with zero attached hydrogens (tertiary/aromatic N) is 4. The van der Waals surface area contributed by atoms with E-state index in [9.17, 15) is 18.9 Å². The van der Waals surface area contributed by atoms with Crippen molar-refractivity contribution < 1.29 is 42.8 Å². The molecule has 3 aromatic rings. The number of para-hydroxylation sites is 1. The molecule has 15 nitrogen and oxygen atoms in total. The molecule has 41 heavy (non-hydrogen) atoms. The summed E-state index contributed by atoms with van der Waals surface area (Å²) in [6.45, 7) is 7.39. The lowest BCUT2D eigenvalue weighted by molar-refractivity contribution is -0.149. The zero-order chi connectivity index (χ0) is 30.4. The minimum Gasteiger partial charge on any atom is -0.478 e. The predicted octanol–water partition coefficient (Wildman–Crippen LogP) is 2.73. The van der Waals surface area contributed by atoms with Crippen LogP contribution in [0.4, 0.5) is 5.82 Å². The largest absolute Gasteiger partial charge is 0.478 e. The third kappa shape index (κ3) is 11.4. The molecular formula is C25H33N6O9P. The van der Waals surface area contributed by atoms with Gasteiger partial charge in [-0.2, -0.15) is 0 Å². The Kier molecular flexibility index (Phi) is 12.9. The molecule has 3 atom stereocenters. The normalized spacial score (nSPS) is 14.0. The minimum absolute atomic E-state index is 0.138. The minimum atomic E-state index is -3.64. The van der Waals surface area contributed by atoms with Crippen molar-refractivity contribution in [3.8, 4) is 5.75 Å². The third-order valence-electron chi connectivity index (χ3n) is 4.85. The Hall–Kier alpha value is -4.33. The van der Waals surface area contributed by atoms with Crippen LogP contribution in [-0.2, 0) is 39.7 Å². The second-order valence-corrected chi connectivity index (χ2v) is 10.8. The van der Waals surface area contributed by atoms with Crippen LogP contribution in [0, 0.1) is 0 Å². The quantitative estimate of drug-likeness (QED) is 0.0809. The first kappa shape index (κ1) is 32.9. The van der Waals surface area contributed by atoms with E-state index < -0.39 is 25.5 Å². The molecule has 0 aliphatic heterocycles. The van der Waals surface area contributed by atoms with E-state index in [4.69, 9.17) is 24.8 Å². The maximum absolute atomic E-state index is 13.6. The number of carbonyl (C=O) groups is 3. The average molecular weight is 593 g/mol. The molecule has 2 aromatic heterocycles. The number of fused-ring (bicyclic) bond motifs is 1. The van der Waals surface area contributed by atoms with Gasteiger partial charge in [-0.25, -0.2) is 24.8 Å². The molecule has 4 N–H and O–H groups in total. The van der Waals surface area contributed by atoms with Gasteiger partial charge in [0.05, 0.1) is 31.2 Å². The van der Waals surface area contributed by atoms with Gasteiger partial charge in [-0.1, -0.05) is 18.2 Å². The Labute approximate surface area is 236 Å². The number of aromatic nitrogens is 4. The van der Waals surface area contributed by atoms with Crippen molar-refractivity contribution in [2.75, 3.05) is 12.1 Å². The maximum atomic E-state index is 13.6. The van der Waals surface area contributed by atoms with Crippen LogP contribution in [0.3, 0.4) is 0 Å². The number of anilines is 1. The average Bonchev–Trinajstić information content (AvgIpc) is 3.32. The molecule has 0 fully saturated rings. The Bertz CT molecular complexity index is 1370. The van der Waals surface area contributed by atoms with Gasteiger partial charge in [-0.15, -0.1) is 0 Å². The van der Waals surface area contributed by atoms with Crippen LogP contribution in [0.2, 0.25) is 0 Å². The van der Waals surface area contributed by atoms with Gasteiger partial charge in [-0.05, 0) is 39.8 Å². The van der Waals surface area contributed by atoms with Crippen LogP contribution in [0.15, 0.2) is 55.3 Å². The fourth-order valence-corrected chi connectivity index (χ4v) is 4.93. The van der Waals surface area contributed by atoms with Gasteiger partial charge in [0.25, 0.3) is 6.47 Å². The van der Waals surface area contributed by atoms with E-state index in [0.29, 0.717) is 35.4 Å². The lowest BCUT2D eigenvalue weighted by atomic mass is 10.3. The number of benzene rings is 1. The van der Waals surface area contributed by atoms with Crippen molar-refractivity contribution in [2.45, 2.75) is 52.5 Å². The van der Waals surface area contributed by atoms with Gasteiger partial charge in [-0.3, -0.25) is 14.2 Å². The zero-order valence-electron chi connectivity index (χ0n) is 22.9. The predicted molar refractivity (Wildman–Crippen MR) is 148 cm³/mol. The van der Waals surface area contributed by atoms with Gasteiger partial charge in [0, 0.05) is 0 Å². The summed E-state index contributed by atoms with van der Waals surface area (Å²) in [7, 11) is -3.64. The molecule has 1 aromatic carbocycles. The van der Waals surface area contributed by atoms with E-state index in [1.54, 1.807) is 55.9 Å². The number of carboxylic acid groups (broad SMARTS) is 1. The van der Waals surface area contributed by atoms with Crippen LogP contribution >= 0.6 is 7.52 Å². The van der Waals surface area contributed by atoms with Crippen LogP contribution in [0.5, 0.6) is 5.75 Å². The lowest BCUT2D eigenvalue weighted by Crippen LogP contribution is -2.37. The molecule has 0 spiro atoms. The highest BCUT2D eigenvalue weighted by atomic mass is 31.2. The third-order valence-corrected chi connectivity index (χ3v) is 6.62. The number of carboxylic acids is 1. The fraction of sp³-hybridized carbons (Fsp3) is 0.360. The van der Waals surface area contributed by atoms with Crippen molar-refractivity contribution in [1.29, 1.82) is 0 Å². The van der Waals surface area contributed by atoms with Gasteiger partial charge in [0.2, 0.25) is 0 Å². The van der Waals surface area contributed by atoms with E-state index in [1.807, 2.05) is 13.0 Å². The standard InChI is InChI=1S/C21H29N6O5P.C4H4O4/c1-14(2)31-21(28)16(4)26-33(29,32-17-8-6-5-7-9-17)13-30-15(3)10-27-12-25-18-19(22)23-11-24-20(18)27;5-3-8-2-1-4(6)7/h5-9,11-12,14-16H,10,13H2,1-4H3,(H,26,29)(H2,22,23,24);1-3H,(H,6,7)/b;2-1+/t15-,16-,33+;/m1./s1. The van der Waals surface area contributed by atoms with Gasteiger partial charge in [0.1, 0.15) is 36.2 Å². The highest BCUT2D eigenvalue weighted by molar-refractivity contribution is 7.57. The second-order valence-electron chi connectivity index (χ2n) is 8.72. The Morgan fingerprint density at radius 1 is 1.15 bits per heavy atom. The molecule has 0 saturated carbocycles. The van der Waals surface area contributed by atoms with E-state index in [0.717, 1.165) is 6.26 Å². The molecule has 222 valence electrons. The summed E-state index contributed by atoms with van der Waals surface area (Å²) in [6.07, 6.45) is 3.51. The number of nitrogens with two attached hydrogens (primary N) is 1. The van der Waals surface area contributed by atoms with Crippen LogP contribution in [0.1, 0.15) is 27.7 Å². The summed E-state index contributed by atoms with van der Waals surface area (Å²) in [6, 6.07) is 7.83. The summed E-state index contributed by atoms with van der Waals surface area (Å²) >= 11 is 0. The molecule has 0 aliphatic carbocycles. The number of rotatable bonds is 14. The summed E-state index contributed by atoms with van der Waals surface area (Å²) in [5.41, 5.74) is 6.91. The molecule has 0 saturated heterocycles. The van der Waals surface area contributed by atoms with E-state index in [2.05, 4.69) is 24.8 Å². The summed E-state index contributed by atoms with van der Waals surface area (Å²) < 4.78 is 36.1. The van der Waals surface area contributed by atoms with E-state index >= 15 is 0 Å². The van der Waals surface area contributed by atoms with Gasteiger partial charge in [0.15, 0.2) is 11.5 Å². The van der Waals surface area contributed by atoms with Crippen LogP contribution < -0.4 is 15.3 Å². The molecule has 0 radical (unpaired) electrons. The molecule has 0 bridgehead atoms. The van der Waals surface area contributed by atoms with Crippen LogP contribution in [0.25, 0.3) is 11.2 Å². The van der Waals surface area contributed by atoms with Crippen molar-refractivity contribution in [1.82, 2.24) is 24.6 Å². The van der Waals surface area contributed by atoms with Crippen molar-refractivity contribution in [3.63, 3.8) is 0 Å². The Morgan fingerprint density at radius 2 is 1.85 bits per heavy atom. The number of carbonyl (C=O) groups excluding carboxylic acids is 2. The summed E-state index contributed by atoms with van der Waals surface area (Å²) in [5.74, 6) is -0.995. The zero-order valence-corrected chi connectivity index (χ0v) is 23.8. The van der Waals surface area contributed by atoms with E-state index in [-0.39, 0.29) is 25.0 Å². The van der Waals surface area contributed by atoms with Crippen molar-refractivity contribution in [2.24, 2.45) is 0 Å². The number of esters is 1. The van der Waals surface area contributed by atoms with E-state index in [1.165, 1.54) is 6.33 Å². The van der Waals surface area contributed by atoms with Crippen molar-refractivity contribution in [3.05, 3.63) is 55.3 Å². The van der Waals surface area contributed by atoms with Crippen LogP contribution in [-0.4, -0.2) is 67.6 Å². The molecule has 3 rings (SSSR count). The van der Waals surface area contributed by atoms with Crippen molar-refractivity contribution >= 4 is 42.9 Å². The number of nitrogen functional groups attached to an aromatic ring is 1. The molecule has 0 amide bonds.